The van der Waals surface area contributed by atoms with Crippen LogP contribution in [-0.4, -0.2) is 64.2 Å². The number of carbonyl (C=O) groups is 1. The van der Waals surface area contributed by atoms with E-state index in [1.165, 1.54) is 6.20 Å². The number of rotatable bonds is 6. The summed E-state index contributed by atoms with van der Waals surface area (Å²) in [6.07, 6.45) is 1.31. The average molecular weight is 452 g/mol. The molecule has 1 aliphatic rings. The van der Waals surface area contributed by atoms with Crippen molar-refractivity contribution in [3.63, 3.8) is 0 Å². The Kier molecular flexibility index (Phi) is 6.41. The van der Waals surface area contributed by atoms with Crippen LogP contribution in [0.4, 0.5) is 10.1 Å². The van der Waals surface area contributed by atoms with E-state index in [1.54, 1.807) is 10.6 Å². The van der Waals surface area contributed by atoms with Gasteiger partial charge in [0.05, 0.1) is 11.2 Å². The van der Waals surface area contributed by atoms with Crippen LogP contribution in [0.2, 0.25) is 0 Å². The molecule has 1 saturated heterocycles. The van der Waals surface area contributed by atoms with E-state index in [2.05, 4.69) is 10.1 Å². The summed E-state index contributed by atoms with van der Waals surface area (Å²) in [6.45, 7) is 5.15. The van der Waals surface area contributed by atoms with Crippen LogP contribution in [0.1, 0.15) is 22.8 Å². The molecule has 0 amide bonds. The fourth-order valence-electron chi connectivity index (χ4n) is 4.23. The van der Waals surface area contributed by atoms with Crippen LogP contribution < -0.4 is 10.3 Å². The number of nitrogens with zero attached hydrogens (tertiary/aromatic N) is 4. The molecule has 1 aromatic heterocycles. The molecule has 2 aromatic carbocycles. The highest BCUT2D eigenvalue weighted by Crippen LogP contribution is 2.26. The molecule has 0 bridgehead atoms. The topological polar surface area (TPSA) is 98.4 Å². The largest absolute Gasteiger partial charge is 0.477 e. The first-order chi connectivity index (χ1) is 15.9. The standard InChI is InChI=1S/C24H25FN4O4/c1-2-28-14-18(24(31)32)23(30)17-12-19(25)22(13-21(17)28)29-10-8-27(9-11-29)15-20(26-33)16-6-4-3-5-7-16/h3-7,12-14,33H,2,8-11,15H2,1H3,(H,31,32)/b26-20+. The van der Waals surface area contributed by atoms with E-state index in [4.69, 9.17) is 0 Å². The lowest BCUT2D eigenvalue weighted by Gasteiger charge is -2.36. The number of halogens is 1. The zero-order valence-corrected chi connectivity index (χ0v) is 18.2. The van der Waals surface area contributed by atoms with Crippen LogP contribution >= 0.6 is 0 Å². The van der Waals surface area contributed by atoms with Gasteiger partial charge in [-0.1, -0.05) is 35.5 Å². The lowest BCUT2D eigenvalue weighted by atomic mass is 10.1. The predicted molar refractivity (Wildman–Crippen MR) is 124 cm³/mol. The molecule has 0 saturated carbocycles. The number of oxime groups is 1. The first kappa shape index (κ1) is 22.5. The number of piperazine rings is 1. The molecule has 33 heavy (non-hydrogen) atoms. The summed E-state index contributed by atoms with van der Waals surface area (Å²) in [5, 5.41) is 22.3. The number of anilines is 1. The third-order valence-electron chi connectivity index (χ3n) is 6.03. The van der Waals surface area contributed by atoms with Crippen molar-refractivity contribution < 1.29 is 19.5 Å². The molecule has 0 spiro atoms. The third-order valence-corrected chi connectivity index (χ3v) is 6.03. The van der Waals surface area contributed by atoms with Gasteiger partial charge in [-0.15, -0.1) is 0 Å². The Hall–Kier alpha value is -3.72. The molecule has 1 aliphatic heterocycles. The summed E-state index contributed by atoms with van der Waals surface area (Å²) in [4.78, 5) is 28.0. The van der Waals surface area contributed by atoms with Crippen LogP contribution in [-0.2, 0) is 6.54 Å². The van der Waals surface area contributed by atoms with Gasteiger partial charge in [0.15, 0.2) is 0 Å². The second kappa shape index (κ2) is 9.41. The van der Waals surface area contributed by atoms with Crippen molar-refractivity contribution in [1.82, 2.24) is 9.47 Å². The molecule has 0 radical (unpaired) electrons. The van der Waals surface area contributed by atoms with E-state index in [0.717, 1.165) is 11.6 Å². The van der Waals surface area contributed by atoms with Crippen molar-refractivity contribution in [3.8, 4) is 0 Å². The molecule has 172 valence electrons. The van der Waals surface area contributed by atoms with Crippen molar-refractivity contribution >= 4 is 28.3 Å². The Labute approximate surface area is 189 Å². The quantitative estimate of drug-likeness (QED) is 0.339. The van der Waals surface area contributed by atoms with E-state index in [1.807, 2.05) is 42.2 Å². The number of carboxylic acids is 1. The monoisotopic (exact) mass is 452 g/mol. The molecule has 3 aromatic rings. The van der Waals surface area contributed by atoms with Gasteiger partial charge in [0, 0.05) is 56.4 Å². The van der Waals surface area contributed by atoms with E-state index < -0.39 is 17.2 Å². The van der Waals surface area contributed by atoms with Crippen LogP contribution in [0.3, 0.4) is 0 Å². The smallest absolute Gasteiger partial charge is 0.341 e. The first-order valence-electron chi connectivity index (χ1n) is 10.8. The number of benzene rings is 2. The lowest BCUT2D eigenvalue weighted by molar-refractivity contribution is 0.0695. The summed E-state index contributed by atoms with van der Waals surface area (Å²) in [5.74, 6) is -1.88. The molecule has 1 fully saturated rings. The van der Waals surface area contributed by atoms with Crippen molar-refractivity contribution in [2.24, 2.45) is 5.16 Å². The maximum atomic E-state index is 15.0. The highest BCUT2D eigenvalue weighted by Gasteiger charge is 2.23. The number of aromatic carboxylic acids is 1. The van der Waals surface area contributed by atoms with Gasteiger partial charge in [-0.3, -0.25) is 9.69 Å². The van der Waals surface area contributed by atoms with Crippen LogP contribution in [0.25, 0.3) is 10.9 Å². The Morgan fingerprint density at radius 1 is 1.12 bits per heavy atom. The van der Waals surface area contributed by atoms with Crippen LogP contribution in [0.15, 0.2) is 58.6 Å². The lowest BCUT2D eigenvalue weighted by Crippen LogP contribution is -2.48. The van der Waals surface area contributed by atoms with E-state index in [9.17, 15) is 19.9 Å². The highest BCUT2D eigenvalue weighted by molar-refractivity contribution is 6.01. The Bertz CT molecular complexity index is 1260. The minimum absolute atomic E-state index is 0.0586. The Morgan fingerprint density at radius 2 is 1.82 bits per heavy atom. The van der Waals surface area contributed by atoms with Crippen molar-refractivity contribution in [2.75, 3.05) is 37.6 Å². The number of aryl methyl sites for hydroxylation is 1. The Balaban J connectivity index is 1.56. The number of hydrogen-bond acceptors (Lipinski definition) is 6. The molecule has 4 rings (SSSR count). The van der Waals surface area contributed by atoms with Gasteiger partial charge in [-0.25, -0.2) is 9.18 Å². The fraction of sp³-hybridized carbons (Fsp3) is 0.292. The zero-order chi connectivity index (χ0) is 23.5. The van der Waals surface area contributed by atoms with Crippen molar-refractivity contribution in [2.45, 2.75) is 13.5 Å². The summed E-state index contributed by atoms with van der Waals surface area (Å²) in [6, 6.07) is 12.2. The fourth-order valence-corrected chi connectivity index (χ4v) is 4.23. The molecule has 0 unspecified atom stereocenters. The Morgan fingerprint density at radius 3 is 2.42 bits per heavy atom. The number of hydrogen-bond donors (Lipinski definition) is 2. The molecule has 0 aliphatic carbocycles. The van der Waals surface area contributed by atoms with Gasteiger partial charge < -0.3 is 19.8 Å². The molecule has 0 atom stereocenters. The van der Waals surface area contributed by atoms with Crippen molar-refractivity contribution in [3.05, 3.63) is 75.8 Å². The minimum Gasteiger partial charge on any atom is -0.477 e. The second-order valence-corrected chi connectivity index (χ2v) is 7.96. The predicted octanol–water partition coefficient (Wildman–Crippen LogP) is 2.86. The number of fused-ring (bicyclic) bond motifs is 1. The van der Waals surface area contributed by atoms with E-state index in [-0.39, 0.29) is 10.9 Å². The van der Waals surface area contributed by atoms with Gasteiger partial charge in [0.2, 0.25) is 5.43 Å². The second-order valence-electron chi connectivity index (χ2n) is 7.96. The molecule has 2 heterocycles. The molecular weight excluding hydrogens is 427 g/mol. The number of aromatic nitrogens is 1. The summed E-state index contributed by atoms with van der Waals surface area (Å²) < 4.78 is 16.7. The summed E-state index contributed by atoms with van der Waals surface area (Å²) in [7, 11) is 0. The molecule has 8 nitrogen and oxygen atoms in total. The van der Waals surface area contributed by atoms with Gasteiger partial charge in [-0.2, -0.15) is 0 Å². The zero-order valence-electron chi connectivity index (χ0n) is 18.2. The van der Waals surface area contributed by atoms with Crippen molar-refractivity contribution in [1.29, 1.82) is 0 Å². The normalized spacial score (nSPS) is 15.2. The minimum atomic E-state index is -1.33. The first-order valence-corrected chi connectivity index (χ1v) is 10.8. The average Bonchev–Trinajstić information content (AvgIpc) is 2.83. The SMILES string of the molecule is CCn1cc(C(=O)O)c(=O)c2cc(F)c(N3CCN(C/C(=N\O)c4ccccc4)CC3)cc21. The molecule has 2 N–H and O–H groups in total. The van der Waals surface area contributed by atoms with E-state index in [0.29, 0.717) is 56.2 Å². The van der Waals surface area contributed by atoms with Crippen LogP contribution in [0.5, 0.6) is 0 Å². The molecular formula is C24H25FN4O4. The number of pyridine rings is 1. The summed E-state index contributed by atoms with van der Waals surface area (Å²) in [5.41, 5.74) is 1.25. The van der Waals surface area contributed by atoms with Gasteiger partial charge >= 0.3 is 5.97 Å². The van der Waals surface area contributed by atoms with Crippen LogP contribution in [0, 0.1) is 5.82 Å². The maximum absolute atomic E-state index is 15.0. The van der Waals surface area contributed by atoms with Gasteiger partial charge in [-0.05, 0) is 19.1 Å². The van der Waals surface area contributed by atoms with Gasteiger partial charge in [0.1, 0.15) is 17.1 Å². The summed E-state index contributed by atoms with van der Waals surface area (Å²) >= 11 is 0. The highest BCUT2D eigenvalue weighted by atomic mass is 19.1. The maximum Gasteiger partial charge on any atom is 0.341 e. The number of carboxylic acid groups (broad SMARTS) is 1. The third kappa shape index (κ3) is 4.45. The molecule has 9 heteroatoms. The van der Waals surface area contributed by atoms with Gasteiger partial charge in [0.25, 0.3) is 0 Å². The van der Waals surface area contributed by atoms with E-state index >= 15 is 4.39 Å².